The van der Waals surface area contributed by atoms with E-state index in [1.807, 2.05) is 37.3 Å². The van der Waals surface area contributed by atoms with Crippen molar-refractivity contribution in [2.75, 3.05) is 18.7 Å². The van der Waals surface area contributed by atoms with Gasteiger partial charge in [0.1, 0.15) is 6.61 Å². The maximum absolute atomic E-state index is 12.8. The van der Waals surface area contributed by atoms with Crippen molar-refractivity contribution in [2.24, 2.45) is 5.10 Å². The van der Waals surface area contributed by atoms with E-state index in [4.69, 9.17) is 15.9 Å². The zero-order chi connectivity index (χ0) is 19.4. The molecule has 6 heteroatoms. The highest BCUT2D eigenvalue weighted by Crippen LogP contribution is 2.31. The van der Waals surface area contributed by atoms with Crippen molar-refractivity contribution in [3.05, 3.63) is 58.1 Å². The van der Waals surface area contributed by atoms with Crippen molar-refractivity contribution in [3.8, 4) is 23.8 Å². The van der Waals surface area contributed by atoms with Crippen LogP contribution < -0.4 is 14.5 Å². The summed E-state index contributed by atoms with van der Waals surface area (Å²) in [5.41, 5.74) is 2.67. The van der Waals surface area contributed by atoms with Gasteiger partial charge in [0.25, 0.3) is 5.91 Å². The van der Waals surface area contributed by atoms with Crippen LogP contribution in [-0.4, -0.2) is 25.3 Å². The van der Waals surface area contributed by atoms with Gasteiger partial charge in [0, 0.05) is 4.47 Å². The molecule has 136 valence electrons. The van der Waals surface area contributed by atoms with E-state index in [1.165, 1.54) is 5.01 Å². The molecule has 0 saturated heterocycles. The summed E-state index contributed by atoms with van der Waals surface area (Å²) in [6.45, 7) is 1.96. The molecule has 5 nitrogen and oxygen atoms in total. The van der Waals surface area contributed by atoms with Crippen molar-refractivity contribution in [3.63, 3.8) is 0 Å². The summed E-state index contributed by atoms with van der Waals surface area (Å²) < 4.78 is 11.7. The average Bonchev–Trinajstić information content (AvgIpc) is 2.95. The lowest BCUT2D eigenvalue weighted by Crippen LogP contribution is -2.21. The second-order valence-electron chi connectivity index (χ2n) is 5.74. The van der Waals surface area contributed by atoms with Crippen LogP contribution in [0.2, 0.25) is 0 Å². The summed E-state index contributed by atoms with van der Waals surface area (Å²) in [6.07, 6.45) is 7.01. The molecule has 1 aliphatic rings. The number of hydrogen-bond donors (Lipinski definition) is 0. The van der Waals surface area contributed by atoms with E-state index in [9.17, 15) is 4.79 Å². The second-order valence-corrected chi connectivity index (χ2v) is 6.66. The molecule has 0 N–H and O–H groups in total. The first kappa shape index (κ1) is 18.7. The van der Waals surface area contributed by atoms with Gasteiger partial charge < -0.3 is 9.47 Å². The van der Waals surface area contributed by atoms with Gasteiger partial charge in [-0.1, -0.05) is 34.0 Å². The van der Waals surface area contributed by atoms with Crippen LogP contribution in [0.1, 0.15) is 12.5 Å². The summed E-state index contributed by atoms with van der Waals surface area (Å²) in [5, 5.41) is 5.79. The molecular formula is C21H17BrN2O3. The second kappa shape index (κ2) is 8.11. The highest BCUT2D eigenvalue weighted by molar-refractivity contribution is 9.10. The molecule has 3 rings (SSSR count). The molecule has 0 atom stereocenters. The van der Waals surface area contributed by atoms with Gasteiger partial charge in [-0.15, -0.1) is 6.42 Å². The van der Waals surface area contributed by atoms with Gasteiger partial charge in [0.15, 0.2) is 11.5 Å². The number of nitrogens with zero attached hydrogens (tertiary/aromatic N) is 2. The average molecular weight is 425 g/mol. The Hall–Kier alpha value is -3.04. The molecule has 0 fully saturated rings. The van der Waals surface area contributed by atoms with Gasteiger partial charge in [-0.05, 0) is 48.9 Å². The monoisotopic (exact) mass is 424 g/mol. The van der Waals surface area contributed by atoms with Crippen molar-refractivity contribution >= 4 is 39.3 Å². The fraction of sp³-hybridized carbons (Fsp3) is 0.143. The molecule has 1 heterocycles. The molecule has 1 aliphatic heterocycles. The highest BCUT2D eigenvalue weighted by atomic mass is 79.9. The number of hydrazone groups is 1. The topological polar surface area (TPSA) is 51.1 Å². The molecule has 0 unspecified atom stereocenters. The third-order valence-electron chi connectivity index (χ3n) is 3.93. The molecule has 0 radical (unpaired) electrons. The molecule has 27 heavy (non-hydrogen) atoms. The number of terminal acetylenes is 1. The van der Waals surface area contributed by atoms with E-state index in [2.05, 4.69) is 27.0 Å². The number of benzene rings is 2. The first-order valence-corrected chi connectivity index (χ1v) is 8.94. The number of methoxy groups -OCH3 is 1. The fourth-order valence-corrected chi connectivity index (χ4v) is 3.03. The number of carbonyl (C=O) groups is 1. The van der Waals surface area contributed by atoms with E-state index in [-0.39, 0.29) is 12.5 Å². The summed E-state index contributed by atoms with van der Waals surface area (Å²) in [7, 11) is 1.55. The van der Waals surface area contributed by atoms with Crippen molar-refractivity contribution in [1.82, 2.24) is 0 Å². The normalized spacial score (nSPS) is 14.9. The highest BCUT2D eigenvalue weighted by Gasteiger charge is 2.28. The maximum Gasteiger partial charge on any atom is 0.280 e. The van der Waals surface area contributed by atoms with Crippen molar-refractivity contribution in [1.29, 1.82) is 0 Å². The quantitative estimate of drug-likeness (QED) is 0.531. The molecule has 2 aromatic carbocycles. The molecule has 2 aromatic rings. The van der Waals surface area contributed by atoms with Crippen LogP contribution in [0.25, 0.3) is 6.08 Å². The van der Waals surface area contributed by atoms with E-state index in [1.54, 1.807) is 25.3 Å². The van der Waals surface area contributed by atoms with Crippen LogP contribution in [0.4, 0.5) is 5.69 Å². The summed E-state index contributed by atoms with van der Waals surface area (Å²) >= 11 is 3.41. The molecular weight excluding hydrogens is 408 g/mol. The number of carbonyl (C=O) groups excluding carboxylic acids is 1. The Kier molecular flexibility index (Phi) is 5.63. The zero-order valence-corrected chi connectivity index (χ0v) is 16.5. The van der Waals surface area contributed by atoms with Gasteiger partial charge in [0.05, 0.1) is 24.1 Å². The van der Waals surface area contributed by atoms with Crippen LogP contribution in [0.5, 0.6) is 11.5 Å². The molecule has 1 amide bonds. The first-order valence-electron chi connectivity index (χ1n) is 8.15. The molecule has 0 aliphatic carbocycles. The minimum Gasteiger partial charge on any atom is -0.493 e. The lowest BCUT2D eigenvalue weighted by molar-refractivity contribution is -0.114. The number of halogens is 1. The Labute approximate surface area is 166 Å². The van der Waals surface area contributed by atoms with E-state index in [0.717, 1.165) is 10.0 Å². The minimum atomic E-state index is -0.183. The number of anilines is 1. The van der Waals surface area contributed by atoms with Crippen LogP contribution in [0, 0.1) is 12.3 Å². The number of rotatable bonds is 5. The van der Waals surface area contributed by atoms with Crippen LogP contribution in [-0.2, 0) is 4.79 Å². The predicted octanol–water partition coefficient (Wildman–Crippen LogP) is 4.28. The summed E-state index contributed by atoms with van der Waals surface area (Å²) in [6, 6.07) is 12.8. The largest absolute Gasteiger partial charge is 0.493 e. The minimum absolute atomic E-state index is 0.155. The first-order chi connectivity index (χ1) is 13.0. The molecule has 0 saturated carbocycles. The maximum atomic E-state index is 12.8. The Morgan fingerprint density at radius 2 is 2.07 bits per heavy atom. The lowest BCUT2D eigenvalue weighted by atomic mass is 10.1. The smallest absolute Gasteiger partial charge is 0.280 e. The zero-order valence-electron chi connectivity index (χ0n) is 14.9. The summed E-state index contributed by atoms with van der Waals surface area (Å²) in [5.74, 6) is 3.33. The third-order valence-corrected chi connectivity index (χ3v) is 4.42. The third kappa shape index (κ3) is 4.04. The predicted molar refractivity (Wildman–Crippen MR) is 110 cm³/mol. The molecule has 0 aromatic heterocycles. The molecule has 0 spiro atoms. The standard InChI is InChI=1S/C21H17BrN2O3/c1-4-10-27-19-9-8-15(12-20(19)26-3)11-18-14(2)23-24(21(18)25)17-7-5-6-16(22)13-17/h1,5-9,11-13H,10H2,2-3H3. The number of amides is 1. The Bertz CT molecular complexity index is 989. The fourth-order valence-electron chi connectivity index (χ4n) is 2.65. The number of hydrogen-bond acceptors (Lipinski definition) is 4. The van der Waals surface area contributed by atoms with Crippen LogP contribution >= 0.6 is 15.9 Å². The van der Waals surface area contributed by atoms with Crippen molar-refractivity contribution in [2.45, 2.75) is 6.92 Å². The van der Waals surface area contributed by atoms with E-state index >= 15 is 0 Å². The van der Waals surface area contributed by atoms with E-state index < -0.39 is 0 Å². The van der Waals surface area contributed by atoms with Crippen LogP contribution in [0.15, 0.2) is 57.6 Å². The van der Waals surface area contributed by atoms with Gasteiger partial charge in [-0.2, -0.15) is 10.1 Å². The van der Waals surface area contributed by atoms with Gasteiger partial charge in [0.2, 0.25) is 0 Å². The SMILES string of the molecule is C#CCOc1ccc(C=C2C(=O)N(c3cccc(Br)c3)N=C2C)cc1OC. The number of ether oxygens (including phenoxy) is 2. The molecule has 0 bridgehead atoms. The van der Waals surface area contributed by atoms with Gasteiger partial charge >= 0.3 is 0 Å². The van der Waals surface area contributed by atoms with Gasteiger partial charge in [-0.3, -0.25) is 4.79 Å². The van der Waals surface area contributed by atoms with Crippen LogP contribution in [0.3, 0.4) is 0 Å². The Balaban J connectivity index is 1.90. The van der Waals surface area contributed by atoms with Crippen molar-refractivity contribution < 1.29 is 14.3 Å². The Morgan fingerprint density at radius 1 is 1.26 bits per heavy atom. The lowest BCUT2D eigenvalue weighted by Gasteiger charge is -2.12. The van der Waals surface area contributed by atoms with E-state index in [0.29, 0.717) is 28.5 Å². The Morgan fingerprint density at radius 3 is 2.78 bits per heavy atom. The van der Waals surface area contributed by atoms with Gasteiger partial charge in [-0.25, -0.2) is 0 Å². The summed E-state index contributed by atoms with van der Waals surface area (Å²) in [4.78, 5) is 12.8.